The zero-order valence-electron chi connectivity index (χ0n) is 12.9. The van der Waals surface area contributed by atoms with Gasteiger partial charge in [-0.1, -0.05) is 17.7 Å². The number of nitro groups is 1. The second kappa shape index (κ2) is 6.45. The molecule has 1 aliphatic rings. The molecule has 1 heterocycles. The number of hydrogen-bond donors (Lipinski definition) is 2. The van der Waals surface area contributed by atoms with Crippen LogP contribution in [0.3, 0.4) is 0 Å². The van der Waals surface area contributed by atoms with E-state index in [2.05, 4.69) is 15.6 Å². The molecule has 7 nitrogen and oxygen atoms in total. The molecule has 0 spiro atoms. The lowest BCUT2D eigenvalue weighted by atomic mass is 10.1. The minimum absolute atomic E-state index is 0.0187. The van der Waals surface area contributed by atoms with Gasteiger partial charge in [-0.25, -0.2) is 4.98 Å². The van der Waals surface area contributed by atoms with Crippen LogP contribution < -0.4 is 10.6 Å². The van der Waals surface area contributed by atoms with Crippen LogP contribution in [0.15, 0.2) is 30.3 Å². The minimum atomic E-state index is -0.508. The molecule has 0 aliphatic heterocycles. The predicted molar refractivity (Wildman–Crippen MR) is 90.5 cm³/mol. The molecule has 24 heavy (non-hydrogen) atoms. The molecule has 0 saturated heterocycles. The molecule has 1 unspecified atom stereocenters. The number of benzene rings is 1. The van der Waals surface area contributed by atoms with Gasteiger partial charge in [-0.05, 0) is 42.2 Å². The van der Waals surface area contributed by atoms with E-state index in [0.717, 1.165) is 24.0 Å². The summed E-state index contributed by atoms with van der Waals surface area (Å²) in [7, 11) is 0. The van der Waals surface area contributed by atoms with E-state index < -0.39 is 4.92 Å². The molecule has 0 saturated carbocycles. The Morgan fingerprint density at radius 3 is 2.88 bits per heavy atom. The summed E-state index contributed by atoms with van der Waals surface area (Å²) < 4.78 is 0. The highest BCUT2D eigenvalue weighted by atomic mass is 35.5. The lowest BCUT2D eigenvalue weighted by molar-refractivity contribution is -0.384. The molecular weight excluding hydrogens is 332 g/mol. The highest BCUT2D eigenvalue weighted by molar-refractivity contribution is 6.29. The number of pyridine rings is 1. The monoisotopic (exact) mass is 346 g/mol. The van der Waals surface area contributed by atoms with Gasteiger partial charge in [-0.2, -0.15) is 0 Å². The molecule has 1 aliphatic carbocycles. The van der Waals surface area contributed by atoms with E-state index >= 15 is 0 Å². The van der Waals surface area contributed by atoms with E-state index in [9.17, 15) is 14.9 Å². The van der Waals surface area contributed by atoms with Crippen LogP contribution in [0.2, 0.25) is 5.15 Å². The molecule has 2 N–H and O–H groups in total. The van der Waals surface area contributed by atoms with Gasteiger partial charge in [0.25, 0.3) is 0 Å². The quantitative estimate of drug-likeness (QED) is 0.501. The first-order chi connectivity index (χ1) is 11.4. The summed E-state index contributed by atoms with van der Waals surface area (Å²) >= 11 is 5.84. The number of hydrogen-bond acceptors (Lipinski definition) is 5. The molecule has 1 atom stereocenters. The molecule has 1 aromatic heterocycles. The normalized spacial score (nSPS) is 15.7. The molecule has 2 aromatic rings. The van der Waals surface area contributed by atoms with Crippen LogP contribution >= 0.6 is 11.6 Å². The first-order valence-electron chi connectivity index (χ1n) is 7.42. The Balaban J connectivity index is 1.87. The summed E-state index contributed by atoms with van der Waals surface area (Å²) in [6, 6.07) is 8.37. The van der Waals surface area contributed by atoms with Gasteiger partial charge in [0.15, 0.2) is 0 Å². The summed E-state index contributed by atoms with van der Waals surface area (Å²) in [5.41, 5.74) is 2.72. The number of halogens is 1. The fraction of sp³-hybridized carbons (Fsp3) is 0.250. The van der Waals surface area contributed by atoms with Crippen molar-refractivity contribution in [1.29, 1.82) is 0 Å². The van der Waals surface area contributed by atoms with Gasteiger partial charge in [0.1, 0.15) is 5.15 Å². The van der Waals surface area contributed by atoms with Gasteiger partial charge >= 0.3 is 5.69 Å². The molecule has 8 heteroatoms. The second-order valence-electron chi connectivity index (χ2n) is 5.59. The average molecular weight is 347 g/mol. The molecular formula is C16H15ClN4O3. The standard InChI is InChI=1S/C16H15ClN4O3/c1-9(22)18-13-5-2-10-8-11(3-4-12(10)13)19-16-14(21(23)24)6-7-15(17)20-16/h3-4,6-8,13H,2,5H2,1H3,(H,18,22)(H,19,20). The van der Waals surface area contributed by atoms with Crippen LogP contribution in [-0.4, -0.2) is 15.8 Å². The Labute approximate surface area is 143 Å². The first kappa shape index (κ1) is 16.2. The molecule has 0 radical (unpaired) electrons. The van der Waals surface area contributed by atoms with Crippen LogP contribution in [0.25, 0.3) is 0 Å². The lowest BCUT2D eigenvalue weighted by Gasteiger charge is -2.13. The van der Waals surface area contributed by atoms with Gasteiger partial charge < -0.3 is 10.6 Å². The van der Waals surface area contributed by atoms with Crippen molar-refractivity contribution in [3.05, 3.63) is 56.7 Å². The third-order valence-electron chi connectivity index (χ3n) is 3.90. The van der Waals surface area contributed by atoms with E-state index in [1.807, 2.05) is 18.2 Å². The van der Waals surface area contributed by atoms with Crippen molar-refractivity contribution in [1.82, 2.24) is 10.3 Å². The predicted octanol–water partition coefficient (Wildman–Crippen LogP) is 3.51. The van der Waals surface area contributed by atoms with Crippen molar-refractivity contribution < 1.29 is 9.72 Å². The number of carbonyl (C=O) groups excluding carboxylic acids is 1. The van der Waals surface area contributed by atoms with Gasteiger partial charge in [-0.3, -0.25) is 14.9 Å². The highest BCUT2D eigenvalue weighted by Crippen LogP contribution is 2.34. The van der Waals surface area contributed by atoms with Crippen LogP contribution in [0.5, 0.6) is 0 Å². The van der Waals surface area contributed by atoms with E-state index in [1.54, 1.807) is 0 Å². The number of aryl methyl sites for hydroxylation is 1. The number of nitrogens with zero attached hydrogens (tertiary/aromatic N) is 2. The van der Waals surface area contributed by atoms with Gasteiger partial charge in [0.2, 0.25) is 11.7 Å². The summed E-state index contributed by atoms with van der Waals surface area (Å²) in [6.45, 7) is 1.50. The number of fused-ring (bicyclic) bond motifs is 1. The third kappa shape index (κ3) is 3.30. The SMILES string of the molecule is CC(=O)NC1CCc2cc(Nc3nc(Cl)ccc3[N+](=O)[O-])ccc21. The first-order valence-corrected chi connectivity index (χ1v) is 7.79. The maximum atomic E-state index is 11.2. The Bertz CT molecular complexity index is 825. The van der Waals surface area contributed by atoms with Crippen molar-refractivity contribution in [2.24, 2.45) is 0 Å². The lowest BCUT2D eigenvalue weighted by Crippen LogP contribution is -2.24. The Hall–Kier alpha value is -2.67. The van der Waals surface area contributed by atoms with Gasteiger partial charge in [-0.15, -0.1) is 0 Å². The average Bonchev–Trinajstić information content (AvgIpc) is 2.88. The number of aromatic nitrogens is 1. The Morgan fingerprint density at radius 2 is 2.17 bits per heavy atom. The summed E-state index contributed by atoms with van der Waals surface area (Å²) in [6.07, 6.45) is 1.68. The summed E-state index contributed by atoms with van der Waals surface area (Å²) in [5, 5.41) is 17.1. The Kier molecular flexibility index (Phi) is 4.35. The number of rotatable bonds is 4. The Morgan fingerprint density at radius 1 is 1.38 bits per heavy atom. The van der Waals surface area contributed by atoms with E-state index in [1.165, 1.54) is 19.1 Å². The maximum Gasteiger partial charge on any atom is 0.311 e. The molecule has 1 aromatic carbocycles. The summed E-state index contributed by atoms with van der Waals surface area (Å²) in [5.74, 6) is 0.0395. The number of nitrogens with one attached hydrogen (secondary N) is 2. The van der Waals surface area contributed by atoms with Crippen molar-refractivity contribution in [3.63, 3.8) is 0 Å². The van der Waals surface area contributed by atoms with Crippen molar-refractivity contribution in [2.75, 3.05) is 5.32 Å². The van der Waals surface area contributed by atoms with Crippen molar-refractivity contribution >= 4 is 34.7 Å². The van der Waals surface area contributed by atoms with Crippen molar-refractivity contribution in [3.8, 4) is 0 Å². The van der Waals surface area contributed by atoms with Crippen molar-refractivity contribution in [2.45, 2.75) is 25.8 Å². The van der Waals surface area contributed by atoms with Gasteiger partial charge in [0.05, 0.1) is 11.0 Å². The molecule has 0 bridgehead atoms. The zero-order chi connectivity index (χ0) is 17.3. The molecule has 3 rings (SSSR count). The van der Waals surface area contributed by atoms with E-state index in [0.29, 0.717) is 5.69 Å². The van der Waals surface area contributed by atoms with Crippen LogP contribution in [0, 0.1) is 10.1 Å². The zero-order valence-corrected chi connectivity index (χ0v) is 13.6. The third-order valence-corrected chi connectivity index (χ3v) is 4.11. The molecule has 124 valence electrons. The van der Waals surface area contributed by atoms with E-state index in [4.69, 9.17) is 11.6 Å². The maximum absolute atomic E-state index is 11.2. The van der Waals surface area contributed by atoms with E-state index in [-0.39, 0.29) is 28.6 Å². The second-order valence-corrected chi connectivity index (χ2v) is 5.98. The largest absolute Gasteiger partial charge is 0.350 e. The summed E-state index contributed by atoms with van der Waals surface area (Å²) in [4.78, 5) is 25.8. The topological polar surface area (TPSA) is 97.2 Å². The van der Waals surface area contributed by atoms with Crippen LogP contribution in [0.4, 0.5) is 17.2 Å². The van der Waals surface area contributed by atoms with Gasteiger partial charge in [0, 0.05) is 18.7 Å². The number of carbonyl (C=O) groups is 1. The number of anilines is 2. The molecule has 1 amide bonds. The van der Waals surface area contributed by atoms with Crippen LogP contribution in [0.1, 0.15) is 30.5 Å². The fourth-order valence-electron chi connectivity index (χ4n) is 2.89. The minimum Gasteiger partial charge on any atom is -0.350 e. The smallest absolute Gasteiger partial charge is 0.311 e. The van der Waals surface area contributed by atoms with Crippen LogP contribution in [-0.2, 0) is 11.2 Å². The molecule has 0 fully saturated rings. The number of amides is 1. The highest BCUT2D eigenvalue weighted by Gasteiger charge is 2.23. The fourth-order valence-corrected chi connectivity index (χ4v) is 3.04.